The fourth-order valence-electron chi connectivity index (χ4n) is 3.28. The van der Waals surface area contributed by atoms with Gasteiger partial charge in [0.15, 0.2) is 11.5 Å². The molecule has 2 fully saturated rings. The predicted octanol–water partition coefficient (Wildman–Crippen LogP) is 0.960. The van der Waals surface area contributed by atoms with Crippen LogP contribution in [-0.2, 0) is 0 Å². The molecule has 3 aromatic heterocycles. The highest BCUT2D eigenvalue weighted by atomic mass is 35.5. The number of anilines is 1. The first-order valence-corrected chi connectivity index (χ1v) is 8.73. The van der Waals surface area contributed by atoms with Crippen molar-refractivity contribution in [3.63, 3.8) is 0 Å². The van der Waals surface area contributed by atoms with Gasteiger partial charge in [-0.25, -0.2) is 9.97 Å². The lowest BCUT2D eigenvalue weighted by molar-refractivity contribution is 0.0989. The molecular formula is C16H18ClN7O. The number of aliphatic hydroxyl groups excluding tert-OH is 1. The molecule has 2 aliphatic rings. The van der Waals surface area contributed by atoms with E-state index >= 15 is 0 Å². The normalized spacial score (nSPS) is 23.7. The number of fused-ring (bicyclic) bond motifs is 1. The van der Waals surface area contributed by atoms with Crippen LogP contribution in [-0.4, -0.2) is 61.0 Å². The van der Waals surface area contributed by atoms with Crippen molar-refractivity contribution in [1.82, 2.24) is 29.5 Å². The van der Waals surface area contributed by atoms with Crippen molar-refractivity contribution >= 4 is 23.1 Å². The second kappa shape index (κ2) is 5.42. The van der Waals surface area contributed by atoms with E-state index in [1.807, 2.05) is 39.5 Å². The summed E-state index contributed by atoms with van der Waals surface area (Å²) in [7, 11) is 0. The number of nitrogens with zero attached hydrogens (tertiary/aromatic N) is 6. The summed E-state index contributed by atoms with van der Waals surface area (Å²) >= 11 is 6.30. The fourth-order valence-corrected chi connectivity index (χ4v) is 3.45. The summed E-state index contributed by atoms with van der Waals surface area (Å²) < 4.78 is 3.81. The second-order valence-electron chi connectivity index (χ2n) is 6.71. The van der Waals surface area contributed by atoms with Gasteiger partial charge in [-0.15, -0.1) is 0 Å². The molecule has 0 unspecified atom stereocenters. The van der Waals surface area contributed by atoms with Crippen molar-refractivity contribution in [2.75, 3.05) is 24.5 Å². The maximum atomic E-state index is 9.87. The minimum atomic E-state index is -0.343. The molecule has 2 aliphatic heterocycles. The third kappa shape index (κ3) is 2.25. The zero-order valence-corrected chi connectivity index (χ0v) is 14.4. The molecule has 0 amide bonds. The number of rotatable bonds is 3. The monoisotopic (exact) mass is 359 g/mol. The van der Waals surface area contributed by atoms with Crippen LogP contribution in [0.25, 0.3) is 16.9 Å². The number of aromatic nitrogens is 5. The van der Waals surface area contributed by atoms with Gasteiger partial charge in [0.25, 0.3) is 0 Å². The summed E-state index contributed by atoms with van der Waals surface area (Å²) in [6, 6.07) is 0.408. The quantitative estimate of drug-likeness (QED) is 0.724. The van der Waals surface area contributed by atoms with E-state index in [9.17, 15) is 5.11 Å². The molecule has 2 saturated heterocycles. The largest absolute Gasteiger partial charge is 0.389 e. The summed E-state index contributed by atoms with van der Waals surface area (Å²) in [6.07, 6.45) is 7.01. The lowest BCUT2D eigenvalue weighted by atomic mass is 10.0. The Bertz CT molecular complexity index is 947. The van der Waals surface area contributed by atoms with Gasteiger partial charge in [0.05, 0.1) is 36.3 Å². The van der Waals surface area contributed by atoms with Crippen molar-refractivity contribution in [3.05, 3.63) is 29.9 Å². The molecule has 0 saturated carbocycles. The highest BCUT2D eigenvalue weighted by Gasteiger charge is 2.36. The van der Waals surface area contributed by atoms with Crippen molar-refractivity contribution in [2.24, 2.45) is 0 Å². The van der Waals surface area contributed by atoms with Gasteiger partial charge in [0.2, 0.25) is 0 Å². The molecule has 3 aromatic rings. The zero-order chi connectivity index (χ0) is 17.1. The molecule has 0 spiro atoms. The number of imidazole rings is 1. The van der Waals surface area contributed by atoms with Crippen LogP contribution in [0.1, 0.15) is 13.0 Å². The number of nitrogens with one attached hydrogen (secondary N) is 1. The van der Waals surface area contributed by atoms with E-state index in [2.05, 4.69) is 15.4 Å². The molecule has 25 heavy (non-hydrogen) atoms. The fraction of sp³-hybridized carbons (Fsp3) is 0.438. The van der Waals surface area contributed by atoms with E-state index in [-0.39, 0.29) is 12.1 Å². The standard InChI is InChI=1S/C16H18ClN7O/c1-9-13(25)8-22(9)16-15-19-5-14(17)23(15)7-12(21-16)10-2-20-24(6-10)11-3-18-4-11/h2,5-7,9,11,13,18,25H,3-4,8H2,1H3/t9-,13+/m0/s1. The number of β-amino-alcohol motifs (C(OH)–C–C–N with tert-alkyl or cyclic N) is 1. The smallest absolute Gasteiger partial charge is 0.181 e. The van der Waals surface area contributed by atoms with Gasteiger partial charge < -0.3 is 15.3 Å². The van der Waals surface area contributed by atoms with Gasteiger partial charge in [-0.3, -0.25) is 9.08 Å². The number of hydrogen-bond donors (Lipinski definition) is 2. The summed E-state index contributed by atoms with van der Waals surface area (Å²) in [5.74, 6) is 0.736. The van der Waals surface area contributed by atoms with Gasteiger partial charge in [0, 0.05) is 37.6 Å². The summed E-state index contributed by atoms with van der Waals surface area (Å²) in [5, 5.41) is 18.1. The summed E-state index contributed by atoms with van der Waals surface area (Å²) in [4.78, 5) is 11.2. The minimum absolute atomic E-state index is 0.00537. The van der Waals surface area contributed by atoms with Crippen LogP contribution in [0.15, 0.2) is 24.8 Å². The SMILES string of the molecule is C[C@H]1[C@H](O)CN1c1nc(-c2cnn(C3CNC3)c2)cn2c(Cl)cnc12. The van der Waals surface area contributed by atoms with E-state index in [1.54, 1.807) is 6.20 Å². The molecule has 0 aliphatic carbocycles. The van der Waals surface area contributed by atoms with Gasteiger partial charge in [-0.1, -0.05) is 11.6 Å². The Balaban J connectivity index is 1.61. The van der Waals surface area contributed by atoms with Crippen molar-refractivity contribution in [2.45, 2.75) is 25.1 Å². The molecule has 2 N–H and O–H groups in total. The van der Waals surface area contributed by atoms with E-state index in [0.29, 0.717) is 23.4 Å². The molecule has 0 bridgehead atoms. The molecule has 9 heteroatoms. The third-order valence-electron chi connectivity index (χ3n) is 5.17. The van der Waals surface area contributed by atoms with Crippen LogP contribution < -0.4 is 10.2 Å². The summed E-state index contributed by atoms with van der Waals surface area (Å²) in [5.41, 5.74) is 2.42. The molecule has 8 nitrogen and oxygen atoms in total. The Labute approximate surface area is 149 Å². The van der Waals surface area contributed by atoms with Crippen LogP contribution >= 0.6 is 11.6 Å². The maximum absolute atomic E-state index is 9.87. The Morgan fingerprint density at radius 1 is 1.28 bits per heavy atom. The Kier molecular flexibility index (Phi) is 3.28. The minimum Gasteiger partial charge on any atom is -0.389 e. The number of aliphatic hydroxyl groups is 1. The molecule has 5 heterocycles. The molecule has 2 atom stereocenters. The topological polar surface area (TPSA) is 83.5 Å². The Morgan fingerprint density at radius 2 is 2.12 bits per heavy atom. The average molecular weight is 360 g/mol. The first kappa shape index (κ1) is 15.1. The number of hydrogen-bond acceptors (Lipinski definition) is 6. The van der Waals surface area contributed by atoms with Crippen molar-refractivity contribution < 1.29 is 5.11 Å². The Morgan fingerprint density at radius 3 is 2.80 bits per heavy atom. The maximum Gasteiger partial charge on any atom is 0.181 e. The van der Waals surface area contributed by atoms with Gasteiger partial charge in [0.1, 0.15) is 5.15 Å². The van der Waals surface area contributed by atoms with Crippen LogP contribution in [0.2, 0.25) is 5.15 Å². The molecular weight excluding hydrogens is 342 g/mol. The van der Waals surface area contributed by atoms with Gasteiger partial charge in [-0.05, 0) is 6.92 Å². The lowest BCUT2D eigenvalue weighted by Crippen LogP contribution is -2.59. The molecule has 5 rings (SSSR count). The molecule has 0 radical (unpaired) electrons. The van der Waals surface area contributed by atoms with Crippen LogP contribution in [0.3, 0.4) is 0 Å². The number of halogens is 1. The van der Waals surface area contributed by atoms with Crippen molar-refractivity contribution in [1.29, 1.82) is 0 Å². The van der Waals surface area contributed by atoms with Crippen LogP contribution in [0, 0.1) is 0 Å². The van der Waals surface area contributed by atoms with E-state index in [1.165, 1.54) is 0 Å². The average Bonchev–Trinajstić information content (AvgIpc) is 3.18. The first-order chi connectivity index (χ1) is 12.1. The van der Waals surface area contributed by atoms with Crippen LogP contribution in [0.5, 0.6) is 0 Å². The van der Waals surface area contributed by atoms with E-state index < -0.39 is 0 Å². The van der Waals surface area contributed by atoms with Gasteiger partial charge in [-0.2, -0.15) is 5.10 Å². The highest BCUT2D eigenvalue weighted by Crippen LogP contribution is 2.32. The van der Waals surface area contributed by atoms with E-state index in [0.717, 1.165) is 30.2 Å². The first-order valence-electron chi connectivity index (χ1n) is 8.35. The summed E-state index contributed by atoms with van der Waals surface area (Å²) in [6.45, 7) is 4.40. The predicted molar refractivity (Wildman–Crippen MR) is 93.9 cm³/mol. The van der Waals surface area contributed by atoms with Gasteiger partial charge >= 0.3 is 0 Å². The second-order valence-corrected chi connectivity index (χ2v) is 7.09. The molecule has 130 valence electrons. The molecule has 0 aromatic carbocycles. The van der Waals surface area contributed by atoms with Crippen LogP contribution in [0.4, 0.5) is 5.82 Å². The third-order valence-corrected chi connectivity index (χ3v) is 5.44. The Hall–Kier alpha value is -2.16. The lowest BCUT2D eigenvalue weighted by Gasteiger charge is -2.44. The zero-order valence-electron chi connectivity index (χ0n) is 13.7. The van der Waals surface area contributed by atoms with Crippen molar-refractivity contribution in [3.8, 4) is 11.3 Å². The van der Waals surface area contributed by atoms with E-state index in [4.69, 9.17) is 16.6 Å². The highest BCUT2D eigenvalue weighted by molar-refractivity contribution is 6.29.